The van der Waals surface area contributed by atoms with Crippen molar-refractivity contribution in [3.05, 3.63) is 35.9 Å². The van der Waals surface area contributed by atoms with Gasteiger partial charge in [-0.3, -0.25) is 4.79 Å². The number of aliphatic hydroxyl groups is 1. The van der Waals surface area contributed by atoms with E-state index in [0.717, 1.165) is 6.42 Å². The fourth-order valence-electron chi connectivity index (χ4n) is 2.56. The number of hydrogen-bond donors (Lipinski definition) is 1. The number of rotatable bonds is 6. The Morgan fingerprint density at radius 2 is 1.70 bits per heavy atom. The van der Waals surface area contributed by atoms with E-state index in [-0.39, 0.29) is 29.1 Å². The summed E-state index contributed by atoms with van der Waals surface area (Å²) in [4.78, 5) is 12.4. The summed E-state index contributed by atoms with van der Waals surface area (Å²) in [6, 6.07) is 10.2. The maximum Gasteiger partial charge on any atom is 0.138 e. The van der Waals surface area contributed by atoms with Crippen molar-refractivity contribution in [3.8, 4) is 0 Å². The van der Waals surface area contributed by atoms with Crippen LogP contribution in [0, 0.1) is 11.3 Å². The standard InChI is InChI=1S/C18H28O2/c1-13(11-14(2)19)16(12-17(20)18(3,4)5)15-9-7-6-8-10-15/h6-10,13-14,16,19H,11-12H2,1-5H3/t13-,14-,16+/m1/s1. The van der Waals surface area contributed by atoms with Crippen molar-refractivity contribution in [1.29, 1.82) is 0 Å². The molecule has 0 bridgehead atoms. The van der Waals surface area contributed by atoms with Crippen molar-refractivity contribution in [2.24, 2.45) is 11.3 Å². The molecule has 0 aliphatic carbocycles. The molecule has 1 aromatic rings. The molecule has 0 aliphatic rings. The van der Waals surface area contributed by atoms with E-state index in [0.29, 0.717) is 6.42 Å². The van der Waals surface area contributed by atoms with Gasteiger partial charge in [0.1, 0.15) is 5.78 Å². The number of Topliss-reactive ketones (excluding diaryl/α,β-unsaturated/α-hetero) is 1. The molecular formula is C18H28O2. The molecule has 0 amide bonds. The van der Waals surface area contributed by atoms with Crippen LogP contribution in [-0.4, -0.2) is 17.0 Å². The van der Waals surface area contributed by atoms with Crippen molar-refractivity contribution in [1.82, 2.24) is 0 Å². The van der Waals surface area contributed by atoms with Gasteiger partial charge in [0.2, 0.25) is 0 Å². The van der Waals surface area contributed by atoms with Crippen molar-refractivity contribution >= 4 is 5.78 Å². The second-order valence-electron chi connectivity index (χ2n) is 6.96. The molecule has 3 atom stereocenters. The van der Waals surface area contributed by atoms with Crippen molar-refractivity contribution in [2.75, 3.05) is 0 Å². The first-order valence-corrected chi connectivity index (χ1v) is 7.48. The summed E-state index contributed by atoms with van der Waals surface area (Å²) in [5.41, 5.74) is 0.885. The van der Waals surface area contributed by atoms with Crippen LogP contribution in [0.4, 0.5) is 0 Å². The molecule has 0 saturated carbocycles. The van der Waals surface area contributed by atoms with Crippen LogP contribution in [0.25, 0.3) is 0 Å². The lowest BCUT2D eigenvalue weighted by molar-refractivity contribution is -0.127. The molecule has 0 fully saturated rings. The number of carbonyl (C=O) groups is 1. The van der Waals surface area contributed by atoms with Crippen LogP contribution in [0.15, 0.2) is 30.3 Å². The SMILES string of the molecule is C[C@H](C[C@@H](C)O)[C@H](CC(=O)C(C)(C)C)c1ccccc1. The molecule has 0 aliphatic heterocycles. The summed E-state index contributed by atoms with van der Waals surface area (Å²) < 4.78 is 0. The molecule has 0 spiro atoms. The fourth-order valence-corrected chi connectivity index (χ4v) is 2.56. The van der Waals surface area contributed by atoms with Gasteiger partial charge < -0.3 is 5.11 Å². The first kappa shape index (κ1) is 16.9. The van der Waals surface area contributed by atoms with Gasteiger partial charge in [-0.2, -0.15) is 0 Å². The lowest BCUT2D eigenvalue weighted by Gasteiger charge is -2.28. The third-order valence-corrected chi connectivity index (χ3v) is 3.87. The number of carbonyl (C=O) groups excluding carboxylic acids is 1. The zero-order chi connectivity index (χ0) is 15.3. The molecule has 1 rings (SSSR count). The van der Waals surface area contributed by atoms with Gasteiger partial charge in [-0.25, -0.2) is 0 Å². The van der Waals surface area contributed by atoms with Crippen LogP contribution in [0.5, 0.6) is 0 Å². The Kier molecular flexibility index (Phi) is 5.94. The second-order valence-corrected chi connectivity index (χ2v) is 6.96. The number of aliphatic hydroxyl groups excluding tert-OH is 1. The van der Waals surface area contributed by atoms with Crippen molar-refractivity contribution in [3.63, 3.8) is 0 Å². The largest absolute Gasteiger partial charge is 0.393 e. The maximum atomic E-state index is 12.4. The average molecular weight is 276 g/mol. The van der Waals surface area contributed by atoms with Gasteiger partial charge in [0, 0.05) is 11.8 Å². The Hall–Kier alpha value is -1.15. The summed E-state index contributed by atoms with van der Waals surface area (Å²) in [7, 11) is 0. The zero-order valence-corrected chi connectivity index (χ0v) is 13.4. The maximum absolute atomic E-state index is 12.4. The molecule has 20 heavy (non-hydrogen) atoms. The third kappa shape index (κ3) is 5.09. The fraction of sp³-hybridized carbons (Fsp3) is 0.611. The first-order chi connectivity index (χ1) is 9.21. The molecule has 2 heteroatoms. The van der Waals surface area contributed by atoms with E-state index < -0.39 is 0 Å². The average Bonchev–Trinajstić information content (AvgIpc) is 2.34. The Morgan fingerprint density at radius 3 is 2.15 bits per heavy atom. The van der Waals surface area contributed by atoms with Gasteiger partial charge in [-0.1, -0.05) is 58.0 Å². The molecule has 0 saturated heterocycles. The van der Waals surface area contributed by atoms with E-state index in [1.165, 1.54) is 5.56 Å². The monoisotopic (exact) mass is 276 g/mol. The Labute approximate surface area is 123 Å². The predicted molar refractivity (Wildman–Crippen MR) is 83.7 cm³/mol. The number of hydrogen-bond acceptors (Lipinski definition) is 2. The highest BCUT2D eigenvalue weighted by molar-refractivity contribution is 5.84. The molecular weight excluding hydrogens is 248 g/mol. The molecule has 0 aromatic heterocycles. The smallest absolute Gasteiger partial charge is 0.138 e. The van der Waals surface area contributed by atoms with Crippen LogP contribution in [-0.2, 0) is 4.79 Å². The Bertz CT molecular complexity index is 415. The van der Waals surface area contributed by atoms with E-state index in [4.69, 9.17) is 0 Å². The van der Waals surface area contributed by atoms with Crippen LogP contribution in [0.1, 0.15) is 58.9 Å². The summed E-state index contributed by atoms with van der Waals surface area (Å²) in [6.45, 7) is 9.84. The molecule has 0 unspecified atom stereocenters. The minimum Gasteiger partial charge on any atom is -0.393 e. The summed E-state index contributed by atoms with van der Waals surface area (Å²) >= 11 is 0. The molecule has 0 radical (unpaired) electrons. The Morgan fingerprint density at radius 1 is 1.15 bits per heavy atom. The van der Waals surface area contributed by atoms with E-state index in [2.05, 4.69) is 19.1 Å². The van der Waals surface area contributed by atoms with Crippen LogP contribution in [0.3, 0.4) is 0 Å². The topological polar surface area (TPSA) is 37.3 Å². The highest BCUT2D eigenvalue weighted by Crippen LogP contribution is 2.34. The van der Waals surface area contributed by atoms with Gasteiger partial charge in [0.05, 0.1) is 6.10 Å². The van der Waals surface area contributed by atoms with Gasteiger partial charge in [-0.05, 0) is 30.7 Å². The highest BCUT2D eigenvalue weighted by atomic mass is 16.3. The quantitative estimate of drug-likeness (QED) is 0.846. The second kappa shape index (κ2) is 7.03. The first-order valence-electron chi connectivity index (χ1n) is 7.48. The van der Waals surface area contributed by atoms with Crippen molar-refractivity contribution in [2.45, 2.75) is 59.5 Å². The van der Waals surface area contributed by atoms with E-state index in [1.807, 2.05) is 45.9 Å². The summed E-state index contributed by atoms with van der Waals surface area (Å²) in [5.74, 6) is 0.741. The van der Waals surface area contributed by atoms with E-state index in [1.54, 1.807) is 0 Å². The summed E-state index contributed by atoms with van der Waals surface area (Å²) in [6.07, 6.45) is 0.930. The number of benzene rings is 1. The predicted octanol–water partition coefficient (Wildman–Crippen LogP) is 4.18. The van der Waals surface area contributed by atoms with Crippen LogP contribution in [0.2, 0.25) is 0 Å². The molecule has 112 valence electrons. The number of ketones is 1. The van der Waals surface area contributed by atoms with Gasteiger partial charge in [-0.15, -0.1) is 0 Å². The third-order valence-electron chi connectivity index (χ3n) is 3.87. The van der Waals surface area contributed by atoms with Crippen LogP contribution >= 0.6 is 0 Å². The lowest BCUT2D eigenvalue weighted by atomic mass is 9.76. The minimum atomic E-state index is -0.332. The molecule has 2 nitrogen and oxygen atoms in total. The molecule has 1 N–H and O–H groups in total. The van der Waals surface area contributed by atoms with Gasteiger partial charge >= 0.3 is 0 Å². The molecule has 0 heterocycles. The zero-order valence-electron chi connectivity index (χ0n) is 13.4. The lowest BCUT2D eigenvalue weighted by Crippen LogP contribution is -2.25. The normalized spacial score (nSPS) is 16.5. The van der Waals surface area contributed by atoms with Gasteiger partial charge in [0.25, 0.3) is 0 Å². The van der Waals surface area contributed by atoms with Crippen molar-refractivity contribution < 1.29 is 9.90 Å². The van der Waals surface area contributed by atoms with Gasteiger partial charge in [0.15, 0.2) is 0 Å². The minimum absolute atomic E-state index is 0.178. The molecule has 1 aromatic carbocycles. The van der Waals surface area contributed by atoms with E-state index in [9.17, 15) is 9.90 Å². The van der Waals surface area contributed by atoms with Crippen LogP contribution < -0.4 is 0 Å². The van der Waals surface area contributed by atoms with E-state index >= 15 is 0 Å². The highest BCUT2D eigenvalue weighted by Gasteiger charge is 2.28. The summed E-state index contributed by atoms with van der Waals surface area (Å²) in [5, 5.41) is 9.63. The Balaban J connectivity index is 2.94.